The normalized spacial score (nSPS) is 12.0. The molecule has 0 spiro atoms. The molecule has 0 aliphatic rings. The third kappa shape index (κ3) is 11.3. The number of nitrogens with two attached hydrogens (primary N) is 1. The largest absolute Gasteiger partial charge is 0.444 e. The molecule has 0 heterocycles. The van der Waals surface area contributed by atoms with Crippen LogP contribution in [0, 0.1) is 0 Å². The highest BCUT2D eigenvalue weighted by Gasteiger charge is 2.15. The van der Waals surface area contributed by atoms with Crippen molar-refractivity contribution in [2.75, 3.05) is 20.1 Å². The Morgan fingerprint density at radius 3 is 2.18 bits per heavy atom. The van der Waals surface area contributed by atoms with Crippen molar-refractivity contribution < 1.29 is 17.9 Å². The van der Waals surface area contributed by atoms with Gasteiger partial charge in [-0.3, -0.25) is 4.99 Å². The van der Waals surface area contributed by atoms with Gasteiger partial charge in [0.15, 0.2) is 5.96 Å². The first-order chi connectivity index (χ1) is 12.5. The second-order valence-corrected chi connectivity index (χ2v) is 8.39. The highest BCUT2D eigenvalue weighted by Crippen LogP contribution is 2.08. The fourth-order valence-electron chi connectivity index (χ4n) is 2.00. The van der Waals surface area contributed by atoms with Crippen LogP contribution in [-0.4, -0.2) is 46.2 Å². The lowest BCUT2D eigenvalue weighted by Crippen LogP contribution is -2.39. The number of sulfonamides is 1. The third-order valence-electron chi connectivity index (χ3n) is 3.25. The Morgan fingerprint density at radius 1 is 1.11 bits per heavy atom. The van der Waals surface area contributed by atoms with Crippen molar-refractivity contribution in [1.82, 2.24) is 16.0 Å². The molecule has 5 N–H and O–H groups in total. The van der Waals surface area contributed by atoms with Gasteiger partial charge in [-0.15, -0.1) is 24.0 Å². The molecule has 1 aromatic carbocycles. The van der Waals surface area contributed by atoms with E-state index in [0.717, 1.165) is 5.56 Å². The van der Waals surface area contributed by atoms with Gasteiger partial charge in [0.05, 0.1) is 4.90 Å². The summed E-state index contributed by atoms with van der Waals surface area (Å²) in [5, 5.41) is 14.0. The molecule has 0 unspecified atom stereocenters. The van der Waals surface area contributed by atoms with Crippen molar-refractivity contribution in [3.05, 3.63) is 29.8 Å². The van der Waals surface area contributed by atoms with Gasteiger partial charge in [-0.2, -0.15) is 0 Å². The zero-order chi connectivity index (χ0) is 20.5. The van der Waals surface area contributed by atoms with E-state index in [1.54, 1.807) is 19.2 Å². The smallest absolute Gasteiger partial charge is 0.407 e. The standard InChI is InChI=1S/C17H29N5O4S.HI/c1-17(2,3)26-16(23)21-11-5-10-20-15(19-4)22-12-13-6-8-14(9-7-13)27(18,24)25;/h6-9H,5,10-12H2,1-4H3,(H,21,23)(H2,18,24,25)(H2,19,20,22);1H. The van der Waals surface area contributed by atoms with Gasteiger partial charge in [-0.25, -0.2) is 18.4 Å². The Labute approximate surface area is 184 Å². The molecule has 160 valence electrons. The van der Waals surface area contributed by atoms with Crippen LogP contribution in [0.3, 0.4) is 0 Å². The molecule has 0 saturated heterocycles. The van der Waals surface area contributed by atoms with E-state index in [1.807, 2.05) is 20.8 Å². The molecule has 11 heteroatoms. The molecule has 0 aromatic heterocycles. The van der Waals surface area contributed by atoms with Crippen molar-refractivity contribution in [2.45, 2.75) is 44.2 Å². The SMILES string of the molecule is CN=C(NCCCNC(=O)OC(C)(C)C)NCc1ccc(S(N)(=O)=O)cc1.I. The number of ether oxygens (including phenoxy) is 1. The van der Waals surface area contributed by atoms with Crippen LogP contribution in [0.5, 0.6) is 0 Å². The van der Waals surface area contributed by atoms with Crippen LogP contribution in [0.25, 0.3) is 0 Å². The zero-order valence-corrected chi connectivity index (χ0v) is 19.8. The van der Waals surface area contributed by atoms with E-state index in [9.17, 15) is 13.2 Å². The minimum Gasteiger partial charge on any atom is -0.444 e. The summed E-state index contributed by atoms with van der Waals surface area (Å²) in [4.78, 5) is 15.7. The van der Waals surface area contributed by atoms with E-state index in [4.69, 9.17) is 9.88 Å². The molecule has 1 aromatic rings. The van der Waals surface area contributed by atoms with Crippen molar-refractivity contribution in [2.24, 2.45) is 10.1 Å². The van der Waals surface area contributed by atoms with E-state index < -0.39 is 21.7 Å². The Hall–Kier alpha value is -1.60. The number of amides is 1. The van der Waals surface area contributed by atoms with E-state index in [2.05, 4.69) is 20.9 Å². The fraction of sp³-hybridized carbons (Fsp3) is 0.529. The number of nitrogens with one attached hydrogen (secondary N) is 3. The summed E-state index contributed by atoms with van der Waals surface area (Å²) in [6.45, 7) is 7.00. The van der Waals surface area contributed by atoms with E-state index in [0.29, 0.717) is 32.0 Å². The molecule has 0 saturated carbocycles. The zero-order valence-electron chi connectivity index (χ0n) is 16.6. The maximum absolute atomic E-state index is 11.5. The number of nitrogens with zero attached hydrogens (tertiary/aromatic N) is 1. The van der Waals surface area contributed by atoms with Gasteiger partial charge >= 0.3 is 6.09 Å². The Kier molecular flexibility index (Phi) is 11.4. The number of carbonyl (C=O) groups is 1. The molecule has 0 fully saturated rings. The topological polar surface area (TPSA) is 135 Å². The second kappa shape index (κ2) is 12.1. The summed E-state index contributed by atoms with van der Waals surface area (Å²) in [5.41, 5.74) is 0.373. The van der Waals surface area contributed by atoms with Crippen LogP contribution < -0.4 is 21.1 Å². The molecule has 9 nitrogen and oxygen atoms in total. The highest BCUT2D eigenvalue weighted by atomic mass is 127. The van der Waals surface area contributed by atoms with Gasteiger partial charge in [0.2, 0.25) is 10.0 Å². The van der Waals surface area contributed by atoms with Crippen LogP contribution >= 0.6 is 24.0 Å². The van der Waals surface area contributed by atoms with Crippen molar-refractivity contribution in [1.29, 1.82) is 0 Å². The Balaban J connectivity index is 0.00000729. The molecule has 0 radical (unpaired) electrons. The maximum atomic E-state index is 11.5. The lowest BCUT2D eigenvalue weighted by molar-refractivity contribution is 0.0527. The molecule has 1 rings (SSSR count). The van der Waals surface area contributed by atoms with E-state index in [1.165, 1.54) is 12.1 Å². The number of primary sulfonamides is 1. The summed E-state index contributed by atoms with van der Waals surface area (Å²) in [5.74, 6) is 0.600. The first kappa shape index (κ1) is 26.4. The summed E-state index contributed by atoms with van der Waals surface area (Å²) in [7, 11) is -2.03. The first-order valence-electron chi connectivity index (χ1n) is 8.54. The van der Waals surface area contributed by atoms with Gasteiger partial charge < -0.3 is 20.7 Å². The number of guanidine groups is 1. The monoisotopic (exact) mass is 527 g/mol. The number of aliphatic imine (C=N–C) groups is 1. The third-order valence-corrected chi connectivity index (χ3v) is 4.18. The number of carbonyl (C=O) groups excluding carboxylic acids is 1. The van der Waals surface area contributed by atoms with Crippen molar-refractivity contribution in [3.8, 4) is 0 Å². The van der Waals surface area contributed by atoms with Crippen LogP contribution in [0.4, 0.5) is 4.79 Å². The van der Waals surface area contributed by atoms with Gasteiger partial charge in [0, 0.05) is 26.7 Å². The average molecular weight is 527 g/mol. The molecule has 0 aliphatic carbocycles. The molecule has 0 aliphatic heterocycles. The van der Waals surface area contributed by atoms with Crippen molar-refractivity contribution in [3.63, 3.8) is 0 Å². The van der Waals surface area contributed by atoms with Crippen molar-refractivity contribution >= 4 is 46.1 Å². The minimum atomic E-state index is -3.68. The summed E-state index contributed by atoms with van der Waals surface area (Å²) in [6, 6.07) is 6.30. The summed E-state index contributed by atoms with van der Waals surface area (Å²) >= 11 is 0. The molecular weight excluding hydrogens is 497 g/mol. The summed E-state index contributed by atoms with van der Waals surface area (Å²) < 4.78 is 27.6. The number of halogens is 1. The number of benzene rings is 1. The molecule has 28 heavy (non-hydrogen) atoms. The van der Waals surface area contributed by atoms with Crippen LogP contribution in [-0.2, 0) is 21.3 Å². The number of rotatable bonds is 7. The van der Waals surface area contributed by atoms with Crippen LogP contribution in [0.15, 0.2) is 34.2 Å². The predicted octanol–water partition coefficient (Wildman–Crippen LogP) is 1.53. The Bertz CT molecular complexity index is 746. The molecule has 0 bridgehead atoms. The summed E-state index contributed by atoms with van der Waals surface area (Å²) in [6.07, 6.45) is 0.260. The van der Waals surface area contributed by atoms with Gasteiger partial charge in [0.25, 0.3) is 0 Å². The van der Waals surface area contributed by atoms with Crippen LogP contribution in [0.2, 0.25) is 0 Å². The number of alkyl carbamates (subject to hydrolysis) is 1. The quantitative estimate of drug-likeness (QED) is 0.184. The maximum Gasteiger partial charge on any atom is 0.407 e. The number of hydrogen-bond acceptors (Lipinski definition) is 5. The minimum absolute atomic E-state index is 0. The highest BCUT2D eigenvalue weighted by molar-refractivity contribution is 14.0. The molecule has 0 atom stereocenters. The first-order valence-corrected chi connectivity index (χ1v) is 10.1. The molecule has 1 amide bonds. The predicted molar refractivity (Wildman–Crippen MR) is 120 cm³/mol. The van der Waals surface area contributed by atoms with E-state index in [-0.39, 0.29) is 28.9 Å². The average Bonchev–Trinajstić information content (AvgIpc) is 2.55. The van der Waals surface area contributed by atoms with E-state index >= 15 is 0 Å². The lowest BCUT2D eigenvalue weighted by atomic mass is 10.2. The van der Waals surface area contributed by atoms with Gasteiger partial charge in [0.1, 0.15) is 5.60 Å². The van der Waals surface area contributed by atoms with Gasteiger partial charge in [-0.1, -0.05) is 12.1 Å². The number of hydrogen-bond donors (Lipinski definition) is 4. The second-order valence-electron chi connectivity index (χ2n) is 6.82. The lowest BCUT2D eigenvalue weighted by Gasteiger charge is -2.19. The fourth-order valence-corrected chi connectivity index (χ4v) is 2.52. The van der Waals surface area contributed by atoms with Gasteiger partial charge in [-0.05, 0) is 44.9 Å². The molecular formula is C17H30IN5O4S. The Morgan fingerprint density at radius 2 is 1.68 bits per heavy atom. The van der Waals surface area contributed by atoms with Crippen LogP contribution in [0.1, 0.15) is 32.8 Å².